The largest absolute Gasteiger partial charge is 0.0651 e. The molecule has 0 amide bonds. The van der Waals surface area contributed by atoms with Crippen molar-refractivity contribution in [2.24, 2.45) is 0 Å². The summed E-state index contributed by atoms with van der Waals surface area (Å²) in [5.74, 6) is 0. The summed E-state index contributed by atoms with van der Waals surface area (Å²) in [7, 11) is 0. The zero-order chi connectivity index (χ0) is 12.0. The lowest BCUT2D eigenvalue weighted by atomic mass is 9.98. The third-order valence-electron chi connectivity index (χ3n) is 2.66. The van der Waals surface area contributed by atoms with Crippen LogP contribution >= 0.6 is 22.6 Å². The molecule has 0 N–H and O–H groups in total. The maximum Gasteiger partial charge on any atom is -0.00562 e. The summed E-state index contributed by atoms with van der Waals surface area (Å²) in [6.45, 7) is 6.67. The molecule has 88 valence electrons. The van der Waals surface area contributed by atoms with Crippen molar-refractivity contribution in [3.63, 3.8) is 0 Å². The number of hydrogen-bond acceptors (Lipinski definition) is 0. The topological polar surface area (TPSA) is 0 Å². The number of halogens is 1. The Bertz CT molecular complexity index is 363. The Balaban J connectivity index is 3.06. The van der Waals surface area contributed by atoms with E-state index < -0.39 is 0 Å². The van der Waals surface area contributed by atoms with Crippen molar-refractivity contribution in [3.05, 3.63) is 39.0 Å². The lowest BCUT2D eigenvalue weighted by Crippen LogP contribution is -1.89. The second kappa shape index (κ2) is 7.10. The second-order valence-electron chi connectivity index (χ2n) is 4.25. The van der Waals surface area contributed by atoms with E-state index in [9.17, 15) is 0 Å². The van der Waals surface area contributed by atoms with Gasteiger partial charge in [-0.25, -0.2) is 0 Å². The van der Waals surface area contributed by atoms with E-state index in [4.69, 9.17) is 0 Å². The van der Waals surface area contributed by atoms with Gasteiger partial charge in [0, 0.05) is 0 Å². The second-order valence-corrected chi connectivity index (χ2v) is 5.56. The summed E-state index contributed by atoms with van der Waals surface area (Å²) in [6.07, 6.45) is 4.86. The van der Waals surface area contributed by atoms with Crippen LogP contribution in [-0.4, -0.2) is 0 Å². The molecule has 0 radical (unpaired) electrons. The van der Waals surface area contributed by atoms with Crippen LogP contribution in [0.1, 0.15) is 50.7 Å². The highest BCUT2D eigenvalue weighted by molar-refractivity contribution is 14.1. The first kappa shape index (κ1) is 13.8. The Labute approximate surface area is 113 Å². The van der Waals surface area contributed by atoms with Gasteiger partial charge in [-0.15, -0.1) is 0 Å². The standard InChI is InChI=1S/C15H21I/c1-4-7-14(15(16)8-5-2)13-10-6-9-12(3)11-13/h6,9-11H,4-5,7-8H2,1-3H3/b15-14-. The summed E-state index contributed by atoms with van der Waals surface area (Å²) >= 11 is 2.52. The molecule has 0 nitrogen and oxygen atoms in total. The molecular formula is C15H21I. The Morgan fingerprint density at radius 2 is 1.81 bits per heavy atom. The van der Waals surface area contributed by atoms with Crippen molar-refractivity contribution in [1.82, 2.24) is 0 Å². The van der Waals surface area contributed by atoms with Crippen LogP contribution in [0.5, 0.6) is 0 Å². The predicted molar refractivity (Wildman–Crippen MR) is 81.9 cm³/mol. The van der Waals surface area contributed by atoms with Crippen LogP contribution in [-0.2, 0) is 0 Å². The molecule has 0 unspecified atom stereocenters. The van der Waals surface area contributed by atoms with Crippen molar-refractivity contribution in [2.45, 2.75) is 46.5 Å². The molecule has 1 aromatic carbocycles. The number of rotatable bonds is 5. The lowest BCUT2D eigenvalue weighted by molar-refractivity contribution is 0.929. The molecule has 0 heterocycles. The van der Waals surface area contributed by atoms with Gasteiger partial charge in [0.25, 0.3) is 0 Å². The van der Waals surface area contributed by atoms with E-state index in [1.165, 1.54) is 40.4 Å². The van der Waals surface area contributed by atoms with E-state index in [0.717, 1.165) is 0 Å². The third-order valence-corrected chi connectivity index (χ3v) is 3.85. The molecule has 0 aromatic heterocycles. The van der Waals surface area contributed by atoms with Crippen LogP contribution in [0.15, 0.2) is 27.8 Å². The van der Waals surface area contributed by atoms with Crippen LogP contribution in [0.4, 0.5) is 0 Å². The fourth-order valence-electron chi connectivity index (χ4n) is 1.89. The zero-order valence-electron chi connectivity index (χ0n) is 10.5. The highest BCUT2D eigenvalue weighted by Crippen LogP contribution is 2.30. The molecule has 0 aliphatic heterocycles. The van der Waals surface area contributed by atoms with Gasteiger partial charge >= 0.3 is 0 Å². The molecule has 16 heavy (non-hydrogen) atoms. The van der Waals surface area contributed by atoms with E-state index in [0.29, 0.717) is 0 Å². The molecule has 1 aromatic rings. The van der Waals surface area contributed by atoms with Crippen LogP contribution < -0.4 is 0 Å². The SMILES string of the molecule is CCC/C(I)=C(\CCC)c1cccc(C)c1. The van der Waals surface area contributed by atoms with Gasteiger partial charge in [-0.05, 0) is 57.1 Å². The summed E-state index contributed by atoms with van der Waals surface area (Å²) in [5.41, 5.74) is 4.32. The van der Waals surface area contributed by atoms with E-state index in [1.807, 2.05) is 0 Å². The molecule has 0 fully saturated rings. The third kappa shape index (κ3) is 3.93. The molecule has 1 heteroatoms. The number of aryl methyl sites for hydroxylation is 1. The molecular weight excluding hydrogens is 307 g/mol. The number of benzene rings is 1. The van der Waals surface area contributed by atoms with Crippen LogP contribution in [0.25, 0.3) is 5.57 Å². The highest BCUT2D eigenvalue weighted by atomic mass is 127. The molecule has 0 spiro atoms. The molecule has 0 saturated heterocycles. The van der Waals surface area contributed by atoms with Gasteiger partial charge in [0.1, 0.15) is 0 Å². The Morgan fingerprint density at radius 1 is 1.12 bits per heavy atom. The number of allylic oxidation sites excluding steroid dienone is 2. The minimum absolute atomic E-state index is 1.20. The van der Waals surface area contributed by atoms with Crippen molar-refractivity contribution in [3.8, 4) is 0 Å². The molecule has 0 aliphatic rings. The summed E-state index contributed by atoms with van der Waals surface area (Å²) in [6, 6.07) is 8.88. The van der Waals surface area contributed by atoms with E-state index in [-0.39, 0.29) is 0 Å². The van der Waals surface area contributed by atoms with Crippen molar-refractivity contribution < 1.29 is 0 Å². The van der Waals surface area contributed by atoms with E-state index in [1.54, 1.807) is 5.57 Å². The van der Waals surface area contributed by atoms with Crippen LogP contribution in [0.3, 0.4) is 0 Å². The molecule has 0 atom stereocenters. The highest BCUT2D eigenvalue weighted by Gasteiger charge is 2.06. The summed E-state index contributed by atoms with van der Waals surface area (Å²) in [5, 5.41) is 0. The normalized spacial score (nSPS) is 12.5. The van der Waals surface area contributed by atoms with Gasteiger partial charge in [-0.3, -0.25) is 0 Å². The lowest BCUT2D eigenvalue weighted by Gasteiger charge is -2.11. The quantitative estimate of drug-likeness (QED) is 0.605. The minimum Gasteiger partial charge on any atom is -0.0651 e. The van der Waals surface area contributed by atoms with Crippen LogP contribution in [0, 0.1) is 6.92 Å². The maximum absolute atomic E-state index is 2.52. The van der Waals surface area contributed by atoms with E-state index >= 15 is 0 Å². The fourth-order valence-corrected chi connectivity index (χ4v) is 3.01. The first-order valence-corrected chi connectivity index (χ1v) is 7.21. The van der Waals surface area contributed by atoms with Crippen molar-refractivity contribution in [1.29, 1.82) is 0 Å². The number of hydrogen-bond donors (Lipinski definition) is 0. The van der Waals surface area contributed by atoms with Gasteiger partial charge in [-0.1, -0.05) is 56.5 Å². The molecule has 0 bridgehead atoms. The minimum atomic E-state index is 1.20. The predicted octanol–water partition coefficient (Wildman–Crippen LogP) is 5.74. The first-order chi connectivity index (χ1) is 7.69. The van der Waals surface area contributed by atoms with Gasteiger partial charge in [0.2, 0.25) is 0 Å². The van der Waals surface area contributed by atoms with Gasteiger partial charge in [0.15, 0.2) is 0 Å². The average Bonchev–Trinajstić information content (AvgIpc) is 2.26. The van der Waals surface area contributed by atoms with Gasteiger partial charge in [0.05, 0.1) is 0 Å². The molecule has 1 rings (SSSR count). The summed E-state index contributed by atoms with van der Waals surface area (Å²) < 4.78 is 1.53. The average molecular weight is 328 g/mol. The first-order valence-electron chi connectivity index (χ1n) is 6.13. The smallest absolute Gasteiger partial charge is 0.00562 e. The zero-order valence-corrected chi connectivity index (χ0v) is 12.7. The summed E-state index contributed by atoms with van der Waals surface area (Å²) in [4.78, 5) is 0. The molecule has 0 aliphatic carbocycles. The van der Waals surface area contributed by atoms with Crippen molar-refractivity contribution >= 4 is 28.2 Å². The monoisotopic (exact) mass is 328 g/mol. The van der Waals surface area contributed by atoms with Gasteiger partial charge < -0.3 is 0 Å². The van der Waals surface area contributed by atoms with Crippen LogP contribution in [0.2, 0.25) is 0 Å². The Kier molecular flexibility index (Phi) is 6.10. The fraction of sp³-hybridized carbons (Fsp3) is 0.467. The van der Waals surface area contributed by atoms with E-state index in [2.05, 4.69) is 67.6 Å². The van der Waals surface area contributed by atoms with Gasteiger partial charge in [-0.2, -0.15) is 0 Å². The van der Waals surface area contributed by atoms with Crippen molar-refractivity contribution in [2.75, 3.05) is 0 Å². The Hall–Kier alpha value is -0.310. The molecule has 0 saturated carbocycles. The Morgan fingerprint density at radius 3 is 2.38 bits per heavy atom. The maximum atomic E-state index is 2.52.